The normalized spacial score (nSPS) is 14.5. The molecule has 0 saturated carbocycles. The number of carbonyl (C=O) groups is 1. The minimum atomic E-state index is -4.61. The lowest BCUT2D eigenvalue weighted by molar-refractivity contribution is -0.870. The molecular formula is C63H115N2O6P. The minimum absolute atomic E-state index is 0.0106. The van der Waals surface area contributed by atoms with Gasteiger partial charge in [0.15, 0.2) is 0 Å². The number of likely N-dealkylation sites (N-methyl/N-ethyl adjacent to an activating group) is 1. The van der Waals surface area contributed by atoms with Crippen LogP contribution in [0.1, 0.15) is 258 Å². The first-order valence-corrected chi connectivity index (χ1v) is 31.4. The third-order valence-electron chi connectivity index (χ3n) is 13.1. The predicted molar refractivity (Wildman–Crippen MR) is 311 cm³/mol. The fraction of sp³-hybridized carbons (Fsp3) is 0.762. The van der Waals surface area contributed by atoms with Crippen LogP contribution in [0.25, 0.3) is 0 Å². The van der Waals surface area contributed by atoms with Crippen molar-refractivity contribution in [1.82, 2.24) is 5.32 Å². The van der Waals surface area contributed by atoms with E-state index >= 15 is 0 Å². The van der Waals surface area contributed by atoms with E-state index in [1.54, 1.807) is 6.08 Å². The zero-order chi connectivity index (χ0) is 52.7. The molecule has 0 radical (unpaired) electrons. The molecule has 0 bridgehead atoms. The van der Waals surface area contributed by atoms with E-state index in [1.165, 1.54) is 167 Å². The third-order valence-corrected chi connectivity index (χ3v) is 14.0. The van der Waals surface area contributed by atoms with Crippen molar-refractivity contribution in [3.8, 4) is 0 Å². The second kappa shape index (κ2) is 53.5. The van der Waals surface area contributed by atoms with Gasteiger partial charge in [0.25, 0.3) is 7.82 Å². The molecule has 0 aliphatic carbocycles. The average molecular weight is 1030 g/mol. The van der Waals surface area contributed by atoms with Gasteiger partial charge in [0.2, 0.25) is 5.91 Å². The van der Waals surface area contributed by atoms with E-state index in [9.17, 15) is 19.4 Å². The summed E-state index contributed by atoms with van der Waals surface area (Å²) < 4.78 is 23.3. The molecule has 0 saturated heterocycles. The Morgan fingerprint density at radius 3 is 1.29 bits per heavy atom. The van der Waals surface area contributed by atoms with Gasteiger partial charge in [-0.1, -0.05) is 253 Å². The van der Waals surface area contributed by atoms with Gasteiger partial charge in [-0.15, -0.1) is 0 Å². The van der Waals surface area contributed by atoms with Crippen molar-refractivity contribution in [1.29, 1.82) is 0 Å². The topological polar surface area (TPSA) is 108 Å². The van der Waals surface area contributed by atoms with E-state index in [0.717, 1.165) is 70.6 Å². The maximum absolute atomic E-state index is 13.0. The summed E-state index contributed by atoms with van der Waals surface area (Å²) in [4.78, 5) is 25.5. The van der Waals surface area contributed by atoms with Crippen molar-refractivity contribution < 1.29 is 32.9 Å². The summed E-state index contributed by atoms with van der Waals surface area (Å²) >= 11 is 0. The molecule has 3 atom stereocenters. The molecule has 1 amide bonds. The van der Waals surface area contributed by atoms with Crippen LogP contribution in [-0.2, 0) is 18.4 Å². The Morgan fingerprint density at radius 2 is 0.861 bits per heavy atom. The summed E-state index contributed by atoms with van der Waals surface area (Å²) in [7, 11) is 1.23. The quantitative estimate of drug-likeness (QED) is 0.0272. The molecule has 0 aliphatic rings. The highest BCUT2D eigenvalue weighted by Crippen LogP contribution is 2.38. The monoisotopic (exact) mass is 1030 g/mol. The van der Waals surface area contributed by atoms with Crippen LogP contribution >= 0.6 is 7.82 Å². The van der Waals surface area contributed by atoms with Crippen molar-refractivity contribution in [2.24, 2.45) is 0 Å². The summed E-state index contributed by atoms with van der Waals surface area (Å²) in [6.07, 6.45) is 75.3. The first kappa shape index (κ1) is 69.7. The number of hydrogen-bond donors (Lipinski definition) is 2. The van der Waals surface area contributed by atoms with Crippen LogP contribution in [0.15, 0.2) is 85.1 Å². The fourth-order valence-corrected chi connectivity index (χ4v) is 9.14. The van der Waals surface area contributed by atoms with Crippen molar-refractivity contribution in [2.45, 2.75) is 270 Å². The number of aliphatic hydroxyl groups is 1. The smallest absolute Gasteiger partial charge is 0.268 e. The van der Waals surface area contributed by atoms with Crippen molar-refractivity contribution >= 4 is 13.7 Å². The van der Waals surface area contributed by atoms with Gasteiger partial charge < -0.3 is 28.8 Å². The van der Waals surface area contributed by atoms with Gasteiger partial charge in [-0.2, -0.15) is 0 Å². The van der Waals surface area contributed by atoms with Gasteiger partial charge in [-0.05, 0) is 83.5 Å². The Balaban J connectivity index is 4.10. The summed E-state index contributed by atoms with van der Waals surface area (Å²) in [5.74, 6) is -0.211. The number of rotatable bonds is 54. The molecule has 2 N–H and O–H groups in total. The molecule has 0 aromatic carbocycles. The van der Waals surface area contributed by atoms with Gasteiger partial charge in [0, 0.05) is 6.42 Å². The number of amides is 1. The van der Waals surface area contributed by atoms with E-state index in [1.807, 2.05) is 27.2 Å². The molecule has 0 spiro atoms. The molecule has 0 fully saturated rings. The molecule has 0 rings (SSSR count). The Kier molecular flexibility index (Phi) is 51.8. The zero-order valence-corrected chi connectivity index (χ0v) is 48.5. The van der Waals surface area contributed by atoms with Crippen LogP contribution in [0, 0.1) is 0 Å². The lowest BCUT2D eigenvalue weighted by atomic mass is 10.0. The van der Waals surface area contributed by atoms with E-state index < -0.39 is 26.6 Å². The van der Waals surface area contributed by atoms with Crippen LogP contribution in [0.3, 0.4) is 0 Å². The first-order valence-electron chi connectivity index (χ1n) is 29.9. The Labute approximate surface area is 446 Å². The average Bonchev–Trinajstić information content (AvgIpc) is 3.34. The van der Waals surface area contributed by atoms with E-state index in [4.69, 9.17) is 9.05 Å². The summed E-state index contributed by atoms with van der Waals surface area (Å²) in [5, 5.41) is 13.9. The van der Waals surface area contributed by atoms with Crippen LogP contribution < -0.4 is 10.2 Å². The first-order chi connectivity index (χ1) is 35.0. The Morgan fingerprint density at radius 1 is 0.500 bits per heavy atom. The van der Waals surface area contributed by atoms with Gasteiger partial charge in [-0.3, -0.25) is 9.36 Å². The van der Waals surface area contributed by atoms with Crippen molar-refractivity contribution in [2.75, 3.05) is 40.9 Å². The SMILES string of the molecule is CC/C=C\C/C=C\C/C=C\C/C=C\CCCCCCCCCCCCCCCCCCCCCCC(=O)NC(COP(=O)([O-])OCC[N+](C)(C)C)C(O)/C=C/CC/C=C/CC/C=C/CCCCCCCCC. The van der Waals surface area contributed by atoms with E-state index in [-0.39, 0.29) is 12.5 Å². The highest BCUT2D eigenvalue weighted by atomic mass is 31.2. The Bertz CT molecular complexity index is 1450. The van der Waals surface area contributed by atoms with Gasteiger partial charge in [-0.25, -0.2) is 0 Å². The molecule has 0 heterocycles. The molecule has 72 heavy (non-hydrogen) atoms. The third kappa shape index (κ3) is 55.4. The largest absolute Gasteiger partial charge is 0.756 e. The van der Waals surface area contributed by atoms with Gasteiger partial charge in [0.1, 0.15) is 13.2 Å². The predicted octanol–water partition coefficient (Wildman–Crippen LogP) is 17.8. The van der Waals surface area contributed by atoms with Crippen LogP contribution in [0.5, 0.6) is 0 Å². The highest BCUT2D eigenvalue weighted by molar-refractivity contribution is 7.45. The fourth-order valence-electron chi connectivity index (χ4n) is 8.41. The van der Waals surface area contributed by atoms with Crippen LogP contribution in [-0.4, -0.2) is 68.5 Å². The molecular weight excluding hydrogens is 912 g/mol. The lowest BCUT2D eigenvalue weighted by Crippen LogP contribution is -2.45. The van der Waals surface area contributed by atoms with Gasteiger partial charge in [0.05, 0.1) is 39.9 Å². The molecule has 0 aromatic rings. The number of unbranched alkanes of at least 4 members (excludes halogenated alkanes) is 29. The summed E-state index contributed by atoms with van der Waals surface area (Å²) in [6.45, 7) is 4.51. The summed E-state index contributed by atoms with van der Waals surface area (Å²) in [6, 6.07) is -0.912. The number of aliphatic hydroxyl groups excluding tert-OH is 1. The van der Waals surface area contributed by atoms with Crippen molar-refractivity contribution in [3.05, 3.63) is 85.1 Å². The number of nitrogens with one attached hydrogen (secondary N) is 1. The molecule has 0 aromatic heterocycles. The number of phosphoric ester groups is 1. The lowest BCUT2D eigenvalue weighted by Gasteiger charge is -2.29. The van der Waals surface area contributed by atoms with E-state index in [0.29, 0.717) is 17.4 Å². The number of allylic oxidation sites excluding steroid dienone is 13. The molecule has 3 unspecified atom stereocenters. The van der Waals surface area contributed by atoms with E-state index in [2.05, 4.69) is 92.1 Å². The molecule has 418 valence electrons. The Hall–Kier alpha value is -2.32. The summed E-state index contributed by atoms with van der Waals surface area (Å²) in [5.41, 5.74) is 0. The maximum atomic E-state index is 13.0. The molecule has 9 heteroatoms. The second-order valence-corrected chi connectivity index (χ2v) is 22.7. The minimum Gasteiger partial charge on any atom is -0.756 e. The number of phosphoric acid groups is 1. The number of hydrogen-bond acceptors (Lipinski definition) is 6. The van der Waals surface area contributed by atoms with Gasteiger partial charge >= 0.3 is 0 Å². The molecule has 8 nitrogen and oxygen atoms in total. The van der Waals surface area contributed by atoms with Crippen LogP contribution in [0.2, 0.25) is 0 Å². The van der Waals surface area contributed by atoms with Crippen molar-refractivity contribution in [3.63, 3.8) is 0 Å². The standard InChI is InChI=1S/C63H115N2O6P/c1-6-8-10-12-14-16-18-20-22-24-25-26-27-28-29-30-31-32-33-34-35-36-37-38-39-41-43-45-47-49-51-53-55-57-63(67)64-61(60-71-72(68,69)70-59-58-65(3,4)5)62(66)56-54-52-50-48-46-44-42-40-23-21-19-17-15-13-11-9-7-2/h8,10,14,16,20,22-23,25-26,40,46,48,54,56,61-62,66H,6-7,9,11-13,15,17-19,21,24,27-39,41-45,47,49-53,55,57-60H2,1-5H3,(H-,64,67,68,69)/b10-8-,16-14-,22-20-,26-25-,40-23+,48-46+,56-54+. The molecule has 0 aliphatic heterocycles. The number of nitrogens with zero attached hydrogens (tertiary/aromatic N) is 1. The maximum Gasteiger partial charge on any atom is 0.268 e. The highest BCUT2D eigenvalue weighted by Gasteiger charge is 2.23. The number of carbonyl (C=O) groups excluding carboxylic acids is 1. The second-order valence-electron chi connectivity index (χ2n) is 21.3. The van der Waals surface area contributed by atoms with Crippen LogP contribution in [0.4, 0.5) is 0 Å². The number of quaternary nitrogens is 1. The zero-order valence-electron chi connectivity index (χ0n) is 47.6.